The first-order valence-electron chi connectivity index (χ1n) is 11.3. The third-order valence-electron chi connectivity index (χ3n) is 6.57. The summed E-state index contributed by atoms with van der Waals surface area (Å²) in [6.07, 6.45) is 8.03. The van der Waals surface area contributed by atoms with E-state index in [9.17, 15) is 4.79 Å². The molecule has 1 atom stereocenters. The lowest BCUT2D eigenvalue weighted by Gasteiger charge is -2.29. The lowest BCUT2D eigenvalue weighted by atomic mass is 10.0. The van der Waals surface area contributed by atoms with Gasteiger partial charge in [-0.2, -0.15) is 5.10 Å². The van der Waals surface area contributed by atoms with E-state index in [4.69, 9.17) is 14.5 Å². The highest BCUT2D eigenvalue weighted by Crippen LogP contribution is 2.43. The first-order chi connectivity index (χ1) is 16.6. The quantitative estimate of drug-likeness (QED) is 0.179. The number of fused-ring (bicyclic) bond motifs is 2. The first-order valence-corrected chi connectivity index (χ1v) is 15.4. The van der Waals surface area contributed by atoms with Crippen LogP contribution in [0.1, 0.15) is 30.3 Å². The number of amides is 1. The summed E-state index contributed by atoms with van der Waals surface area (Å²) in [5, 5.41) is 6.45. The molecular formula is C24H24IN6O2P. The standard InChI is InChI=1S/C24H24IN6O2P/c1-29-12-17(10-27-29)20-9-16-3-2-4-18(19(16)11-26-20)23-21-13-30(7-8-33-34-25)22(32)14-31(21)24(28-23)15-5-6-15/h2-4,9-12,15,34H,5-8,13-14H2,1H3. The van der Waals surface area contributed by atoms with E-state index in [-0.39, 0.29) is 5.91 Å². The van der Waals surface area contributed by atoms with Gasteiger partial charge in [-0.25, -0.2) is 4.98 Å². The van der Waals surface area contributed by atoms with Crippen molar-refractivity contribution >= 4 is 45.2 Å². The highest BCUT2D eigenvalue weighted by atomic mass is 127. The van der Waals surface area contributed by atoms with E-state index in [0.29, 0.717) is 38.6 Å². The van der Waals surface area contributed by atoms with E-state index in [0.717, 1.165) is 57.6 Å². The fourth-order valence-electron chi connectivity index (χ4n) is 4.70. The molecule has 4 aromatic rings. The van der Waals surface area contributed by atoms with Crippen LogP contribution in [0.4, 0.5) is 0 Å². The predicted octanol–water partition coefficient (Wildman–Crippen LogP) is 4.68. The first kappa shape index (κ1) is 22.1. The Kier molecular flexibility index (Phi) is 5.87. The van der Waals surface area contributed by atoms with Crippen molar-refractivity contribution in [1.29, 1.82) is 0 Å². The van der Waals surface area contributed by atoms with Crippen LogP contribution in [0.15, 0.2) is 42.9 Å². The number of carbonyl (C=O) groups is 1. The number of pyridine rings is 1. The topological polar surface area (TPSA) is 78.1 Å². The Balaban J connectivity index is 1.43. The molecule has 0 saturated heterocycles. The Hall–Kier alpha value is -2.36. The zero-order chi connectivity index (χ0) is 23.2. The number of aromatic nitrogens is 5. The van der Waals surface area contributed by atoms with Crippen molar-refractivity contribution in [3.8, 4) is 22.5 Å². The molecule has 1 amide bonds. The summed E-state index contributed by atoms with van der Waals surface area (Å²) in [4.78, 5) is 24.7. The third-order valence-corrected chi connectivity index (χ3v) is 7.82. The van der Waals surface area contributed by atoms with Crippen LogP contribution in [-0.2, 0) is 29.5 Å². The molecule has 8 nitrogen and oxygen atoms in total. The molecule has 1 aliphatic heterocycles. The van der Waals surface area contributed by atoms with Gasteiger partial charge in [0.15, 0.2) is 0 Å². The zero-order valence-electron chi connectivity index (χ0n) is 18.7. The highest BCUT2D eigenvalue weighted by molar-refractivity contribution is 14.2. The highest BCUT2D eigenvalue weighted by Gasteiger charge is 2.35. The number of imidazole rings is 1. The maximum atomic E-state index is 12.9. The normalized spacial score (nSPS) is 16.2. The molecule has 34 heavy (non-hydrogen) atoms. The number of nitrogens with zero attached hydrogens (tertiary/aromatic N) is 6. The van der Waals surface area contributed by atoms with E-state index in [1.54, 1.807) is 4.68 Å². The van der Waals surface area contributed by atoms with Gasteiger partial charge in [0.05, 0.1) is 42.9 Å². The summed E-state index contributed by atoms with van der Waals surface area (Å²) in [6, 6.07) is 8.42. The molecule has 1 fully saturated rings. The molecule has 1 saturated carbocycles. The predicted molar refractivity (Wildman–Crippen MR) is 141 cm³/mol. The van der Waals surface area contributed by atoms with Crippen molar-refractivity contribution in [1.82, 2.24) is 29.2 Å². The van der Waals surface area contributed by atoms with Crippen LogP contribution in [0.3, 0.4) is 0 Å². The molecule has 1 aromatic carbocycles. The van der Waals surface area contributed by atoms with Gasteiger partial charge in [-0.3, -0.25) is 14.5 Å². The second-order valence-electron chi connectivity index (χ2n) is 8.87. The van der Waals surface area contributed by atoms with E-state index in [1.165, 1.54) is 0 Å². The average Bonchev–Trinajstić information content (AvgIpc) is 3.50. The van der Waals surface area contributed by atoms with Crippen LogP contribution in [-0.4, -0.2) is 48.3 Å². The van der Waals surface area contributed by atoms with Crippen LogP contribution in [0.5, 0.6) is 0 Å². The molecule has 1 unspecified atom stereocenters. The van der Waals surface area contributed by atoms with E-state index in [1.807, 2.05) is 30.5 Å². The molecule has 10 heteroatoms. The minimum Gasteiger partial charge on any atom is -0.350 e. The van der Waals surface area contributed by atoms with Gasteiger partial charge in [0.2, 0.25) is 5.91 Å². The van der Waals surface area contributed by atoms with Gasteiger partial charge in [-0.05, 0) is 46.3 Å². The van der Waals surface area contributed by atoms with Crippen molar-refractivity contribution in [2.45, 2.75) is 31.8 Å². The molecule has 2 aliphatic rings. The van der Waals surface area contributed by atoms with Crippen LogP contribution >= 0.6 is 28.5 Å². The molecular weight excluding hydrogens is 562 g/mol. The molecule has 0 bridgehead atoms. The summed E-state index contributed by atoms with van der Waals surface area (Å²) < 4.78 is 9.49. The number of benzene rings is 1. The second kappa shape index (κ2) is 9.02. The number of hydrogen-bond acceptors (Lipinski definition) is 5. The second-order valence-corrected chi connectivity index (χ2v) is 10.6. The van der Waals surface area contributed by atoms with Gasteiger partial charge in [0.25, 0.3) is 0 Å². The smallest absolute Gasteiger partial charge is 0.242 e. The number of halogens is 1. The Morgan fingerprint density at radius 1 is 1.24 bits per heavy atom. The Morgan fingerprint density at radius 2 is 2.12 bits per heavy atom. The third kappa shape index (κ3) is 4.03. The number of carbonyl (C=O) groups excluding carboxylic acids is 1. The molecule has 174 valence electrons. The Morgan fingerprint density at radius 3 is 2.88 bits per heavy atom. The van der Waals surface area contributed by atoms with Crippen molar-refractivity contribution in [2.24, 2.45) is 7.05 Å². The summed E-state index contributed by atoms with van der Waals surface area (Å²) in [5.74, 6) is 1.65. The van der Waals surface area contributed by atoms with Crippen molar-refractivity contribution in [2.75, 3.05) is 13.2 Å². The van der Waals surface area contributed by atoms with Crippen molar-refractivity contribution in [3.05, 3.63) is 54.4 Å². The van der Waals surface area contributed by atoms with Gasteiger partial charge in [-0.1, -0.05) is 18.2 Å². The van der Waals surface area contributed by atoms with E-state index >= 15 is 0 Å². The maximum absolute atomic E-state index is 12.9. The minimum atomic E-state index is 0.138. The van der Waals surface area contributed by atoms with Gasteiger partial charge < -0.3 is 14.0 Å². The van der Waals surface area contributed by atoms with Crippen LogP contribution < -0.4 is 0 Å². The molecule has 0 radical (unpaired) electrons. The van der Waals surface area contributed by atoms with Gasteiger partial charge in [0, 0.05) is 48.4 Å². The molecule has 3 aromatic heterocycles. The average molecular weight is 586 g/mol. The summed E-state index contributed by atoms with van der Waals surface area (Å²) in [7, 11) is 1.91. The SMILES string of the molecule is Cn1cc(-c2cc3cccc(-c4nc(C5CC5)n5c4CN(CCOPI)C(=O)C5)c3cn2)cn1. The monoisotopic (exact) mass is 586 g/mol. The van der Waals surface area contributed by atoms with Crippen molar-refractivity contribution in [3.63, 3.8) is 0 Å². The van der Waals surface area contributed by atoms with E-state index < -0.39 is 0 Å². The molecule has 0 N–H and O–H groups in total. The van der Waals surface area contributed by atoms with Gasteiger partial charge >= 0.3 is 0 Å². The fourth-order valence-corrected chi connectivity index (χ4v) is 5.53. The van der Waals surface area contributed by atoms with Gasteiger partial charge in [-0.15, -0.1) is 0 Å². The summed E-state index contributed by atoms with van der Waals surface area (Å²) in [5.41, 5.74) is 5.04. The molecule has 6 rings (SSSR count). The minimum absolute atomic E-state index is 0.138. The number of rotatable bonds is 7. The van der Waals surface area contributed by atoms with Crippen LogP contribution in [0.25, 0.3) is 33.3 Å². The van der Waals surface area contributed by atoms with Crippen LogP contribution in [0.2, 0.25) is 0 Å². The summed E-state index contributed by atoms with van der Waals surface area (Å²) >= 11 is 2.21. The maximum Gasteiger partial charge on any atom is 0.242 e. The van der Waals surface area contributed by atoms with Crippen molar-refractivity contribution < 1.29 is 9.32 Å². The molecule has 0 spiro atoms. The summed E-state index contributed by atoms with van der Waals surface area (Å²) in [6.45, 7) is 2.47. The number of aryl methyl sites for hydroxylation is 1. The molecule has 4 heterocycles. The Bertz CT molecular complexity index is 1400. The largest absolute Gasteiger partial charge is 0.350 e. The number of hydrogen-bond donors (Lipinski definition) is 0. The van der Waals surface area contributed by atoms with Gasteiger partial charge in [0.1, 0.15) is 12.4 Å². The Labute approximate surface area is 212 Å². The zero-order valence-corrected chi connectivity index (χ0v) is 21.9. The van der Waals surface area contributed by atoms with Crippen LogP contribution in [0, 0.1) is 0 Å². The van der Waals surface area contributed by atoms with E-state index in [2.05, 4.69) is 56.0 Å². The molecule has 1 aliphatic carbocycles. The lowest BCUT2D eigenvalue weighted by molar-refractivity contribution is -0.134. The fraction of sp³-hybridized carbons (Fsp3) is 0.333. The lowest BCUT2D eigenvalue weighted by Crippen LogP contribution is -2.41.